The molecule has 2 rings (SSSR count). The molecule has 1 aromatic carbocycles. The number of hydrogen-bond acceptors (Lipinski definition) is 4. The first-order valence-corrected chi connectivity index (χ1v) is 7.16. The first-order valence-electron chi connectivity index (χ1n) is 7.16. The molecule has 5 heteroatoms. The second kappa shape index (κ2) is 8.02. The number of allylic oxidation sites excluding steroid dienone is 1. The molecule has 22 heavy (non-hydrogen) atoms. The van der Waals surface area contributed by atoms with E-state index >= 15 is 0 Å². The summed E-state index contributed by atoms with van der Waals surface area (Å²) in [4.78, 5) is 23.0. The van der Waals surface area contributed by atoms with Gasteiger partial charge in [-0.2, -0.15) is 0 Å². The lowest BCUT2D eigenvalue weighted by Crippen LogP contribution is -2.27. The predicted molar refractivity (Wildman–Crippen MR) is 82.0 cm³/mol. The van der Waals surface area contributed by atoms with Crippen LogP contribution in [-0.4, -0.2) is 24.7 Å². The molecule has 0 fully saturated rings. The summed E-state index contributed by atoms with van der Waals surface area (Å²) in [6, 6.07) is 9.45. The minimum absolute atomic E-state index is 0.231. The molecule has 1 heterocycles. The Balaban J connectivity index is 1.65. The molecular formula is C17H19NO4. The van der Waals surface area contributed by atoms with Gasteiger partial charge < -0.3 is 14.8 Å². The van der Waals surface area contributed by atoms with Crippen LogP contribution in [0.15, 0.2) is 54.6 Å². The summed E-state index contributed by atoms with van der Waals surface area (Å²) in [5.41, 5.74) is 1.55. The molecule has 1 aliphatic rings. The predicted octanol–water partition coefficient (Wildman–Crippen LogP) is 2.73. The molecule has 0 saturated carbocycles. The Labute approximate surface area is 129 Å². The molecule has 1 unspecified atom stereocenters. The van der Waals surface area contributed by atoms with Crippen LogP contribution in [0.5, 0.6) is 0 Å². The van der Waals surface area contributed by atoms with Crippen LogP contribution in [0, 0.1) is 0 Å². The van der Waals surface area contributed by atoms with Gasteiger partial charge in [0.05, 0.1) is 0 Å². The van der Waals surface area contributed by atoms with Gasteiger partial charge >= 0.3 is 12.1 Å². The fourth-order valence-electron chi connectivity index (χ4n) is 2.08. The first-order chi connectivity index (χ1) is 10.7. The highest BCUT2D eigenvalue weighted by atomic mass is 16.6. The highest BCUT2D eigenvalue weighted by molar-refractivity contribution is 5.91. The van der Waals surface area contributed by atoms with E-state index in [2.05, 4.69) is 11.9 Å². The van der Waals surface area contributed by atoms with Crippen molar-refractivity contribution >= 4 is 12.1 Å². The van der Waals surface area contributed by atoms with Crippen molar-refractivity contribution in [2.24, 2.45) is 0 Å². The van der Waals surface area contributed by atoms with Gasteiger partial charge in [0.25, 0.3) is 0 Å². The molecule has 0 bridgehead atoms. The fourth-order valence-corrected chi connectivity index (χ4v) is 2.08. The maximum Gasteiger partial charge on any atom is 0.407 e. The summed E-state index contributed by atoms with van der Waals surface area (Å²) in [5, 5.41) is 2.64. The number of carbonyl (C=O) groups excluding carboxylic acids is 2. The number of carbonyl (C=O) groups is 2. The second-order valence-electron chi connectivity index (χ2n) is 4.91. The smallest absolute Gasteiger partial charge is 0.407 e. The standard InChI is InChI=1S/C17H19NO4/c1-2-6-14-11-15(22-16(14)19)9-10-18-17(20)21-12-13-7-4-3-5-8-13/h2-5,7-8,11,15H,1,6,9-10,12H2,(H,18,20). The van der Waals surface area contributed by atoms with Gasteiger partial charge in [0.1, 0.15) is 12.7 Å². The Bertz CT molecular complexity index is 565. The van der Waals surface area contributed by atoms with Crippen molar-refractivity contribution in [3.8, 4) is 0 Å². The number of hydrogen-bond donors (Lipinski definition) is 1. The molecule has 1 amide bonds. The van der Waals surface area contributed by atoms with Crippen molar-refractivity contribution < 1.29 is 19.1 Å². The summed E-state index contributed by atoms with van der Waals surface area (Å²) in [6.45, 7) is 4.20. The third kappa shape index (κ3) is 4.77. The number of cyclic esters (lactones) is 1. The van der Waals surface area contributed by atoms with Crippen LogP contribution in [0.25, 0.3) is 0 Å². The van der Waals surface area contributed by atoms with E-state index in [1.807, 2.05) is 30.3 Å². The van der Waals surface area contributed by atoms with Crippen LogP contribution < -0.4 is 5.32 Å². The van der Waals surface area contributed by atoms with E-state index in [-0.39, 0.29) is 18.7 Å². The zero-order chi connectivity index (χ0) is 15.8. The van der Waals surface area contributed by atoms with Gasteiger partial charge in [0.2, 0.25) is 0 Å². The average Bonchev–Trinajstić information content (AvgIpc) is 2.87. The molecule has 5 nitrogen and oxygen atoms in total. The van der Waals surface area contributed by atoms with Crippen molar-refractivity contribution in [1.82, 2.24) is 5.32 Å². The molecule has 0 aromatic heterocycles. The van der Waals surface area contributed by atoms with Gasteiger partial charge in [0.15, 0.2) is 0 Å². The number of rotatable bonds is 7. The van der Waals surface area contributed by atoms with Gasteiger partial charge in [-0.05, 0) is 18.1 Å². The van der Waals surface area contributed by atoms with E-state index in [1.165, 1.54) is 0 Å². The number of benzene rings is 1. The summed E-state index contributed by atoms with van der Waals surface area (Å²) in [5.74, 6) is -0.309. The van der Waals surface area contributed by atoms with Gasteiger partial charge in [0, 0.05) is 18.5 Å². The summed E-state index contributed by atoms with van der Waals surface area (Å²) >= 11 is 0. The third-order valence-electron chi connectivity index (χ3n) is 3.18. The van der Waals surface area contributed by atoms with E-state index in [0.29, 0.717) is 25.0 Å². The molecule has 1 aromatic rings. The summed E-state index contributed by atoms with van der Waals surface area (Å²) in [6.07, 6.45) is 3.69. The van der Waals surface area contributed by atoms with E-state index in [9.17, 15) is 9.59 Å². The Morgan fingerprint density at radius 2 is 2.14 bits per heavy atom. The monoisotopic (exact) mass is 301 g/mol. The maximum atomic E-state index is 11.6. The lowest BCUT2D eigenvalue weighted by molar-refractivity contribution is -0.139. The van der Waals surface area contributed by atoms with Crippen LogP contribution in [0.2, 0.25) is 0 Å². The van der Waals surface area contributed by atoms with Crippen LogP contribution in [0.4, 0.5) is 4.79 Å². The van der Waals surface area contributed by atoms with E-state index < -0.39 is 6.09 Å². The fraction of sp³-hybridized carbons (Fsp3) is 0.294. The van der Waals surface area contributed by atoms with E-state index in [4.69, 9.17) is 9.47 Å². The molecule has 0 aliphatic carbocycles. The molecular weight excluding hydrogens is 282 g/mol. The van der Waals surface area contributed by atoms with Crippen molar-refractivity contribution in [3.05, 3.63) is 60.2 Å². The number of amides is 1. The van der Waals surface area contributed by atoms with Gasteiger partial charge in [-0.1, -0.05) is 36.4 Å². The summed E-state index contributed by atoms with van der Waals surface area (Å²) < 4.78 is 10.3. The Hall–Kier alpha value is -2.56. The van der Waals surface area contributed by atoms with Gasteiger partial charge in [-0.3, -0.25) is 0 Å². The SMILES string of the molecule is C=CCC1=CC(CCNC(=O)OCc2ccccc2)OC1=O. The third-order valence-corrected chi connectivity index (χ3v) is 3.18. The molecule has 0 radical (unpaired) electrons. The minimum atomic E-state index is -0.483. The Kier molecular flexibility index (Phi) is 5.77. The van der Waals surface area contributed by atoms with Crippen molar-refractivity contribution in [2.45, 2.75) is 25.6 Å². The van der Waals surface area contributed by atoms with Crippen molar-refractivity contribution in [1.29, 1.82) is 0 Å². The average molecular weight is 301 g/mol. The number of ether oxygens (including phenoxy) is 2. The lowest BCUT2D eigenvalue weighted by Gasteiger charge is -2.09. The molecule has 1 aliphatic heterocycles. The van der Waals surface area contributed by atoms with Crippen molar-refractivity contribution in [2.75, 3.05) is 6.54 Å². The molecule has 0 saturated heterocycles. The van der Waals surface area contributed by atoms with E-state index in [1.54, 1.807) is 12.2 Å². The van der Waals surface area contributed by atoms with Gasteiger partial charge in [-0.15, -0.1) is 6.58 Å². The quantitative estimate of drug-likeness (QED) is 0.621. The zero-order valence-electron chi connectivity index (χ0n) is 12.3. The van der Waals surface area contributed by atoms with Crippen LogP contribution >= 0.6 is 0 Å². The first kappa shape index (κ1) is 15.8. The highest BCUT2D eigenvalue weighted by Crippen LogP contribution is 2.18. The molecule has 1 N–H and O–H groups in total. The maximum absolute atomic E-state index is 11.6. The topological polar surface area (TPSA) is 64.6 Å². The van der Waals surface area contributed by atoms with Gasteiger partial charge in [-0.25, -0.2) is 9.59 Å². The number of alkyl carbamates (subject to hydrolysis) is 1. The van der Waals surface area contributed by atoms with Crippen LogP contribution in [0.1, 0.15) is 18.4 Å². The van der Waals surface area contributed by atoms with E-state index in [0.717, 1.165) is 5.56 Å². The van der Waals surface area contributed by atoms with Crippen molar-refractivity contribution in [3.63, 3.8) is 0 Å². The Morgan fingerprint density at radius 1 is 1.36 bits per heavy atom. The minimum Gasteiger partial charge on any atom is -0.455 e. The number of nitrogens with one attached hydrogen (secondary N) is 1. The summed E-state index contributed by atoms with van der Waals surface area (Å²) in [7, 11) is 0. The van der Waals surface area contributed by atoms with Crippen LogP contribution in [0.3, 0.4) is 0 Å². The molecule has 0 spiro atoms. The second-order valence-corrected chi connectivity index (χ2v) is 4.91. The van der Waals surface area contributed by atoms with Crippen LogP contribution in [-0.2, 0) is 20.9 Å². The zero-order valence-corrected chi connectivity index (χ0v) is 12.3. The Morgan fingerprint density at radius 3 is 2.86 bits per heavy atom. The number of esters is 1. The lowest BCUT2D eigenvalue weighted by atomic mass is 10.1. The molecule has 1 atom stereocenters. The largest absolute Gasteiger partial charge is 0.455 e. The molecule has 116 valence electrons. The normalized spacial score (nSPS) is 16.6. The highest BCUT2D eigenvalue weighted by Gasteiger charge is 2.24.